The molecule has 2 N–H and O–H groups in total. The molecule has 0 aliphatic carbocycles. The fraction of sp³-hybridized carbons (Fsp3) is 0.308. The summed E-state index contributed by atoms with van der Waals surface area (Å²) in [5.41, 5.74) is 1.11. The van der Waals surface area contributed by atoms with Gasteiger partial charge in [-0.1, -0.05) is 24.6 Å². The van der Waals surface area contributed by atoms with Crippen LogP contribution >= 0.6 is 0 Å². The fourth-order valence-electron chi connectivity index (χ4n) is 1.40. The lowest BCUT2D eigenvalue weighted by Crippen LogP contribution is -2.28. The third kappa shape index (κ3) is 3.82. The van der Waals surface area contributed by atoms with Gasteiger partial charge in [-0.05, 0) is 38.0 Å². The first-order chi connectivity index (χ1) is 8.77. The van der Waals surface area contributed by atoms with Crippen molar-refractivity contribution in [1.82, 2.24) is 4.72 Å². The summed E-state index contributed by atoms with van der Waals surface area (Å²) in [7, 11) is -3.87. The van der Waals surface area contributed by atoms with Gasteiger partial charge in [0, 0.05) is 0 Å². The minimum Gasteiger partial charge on any atom is -0.477 e. The Kier molecular flexibility index (Phi) is 4.72. The number of aliphatic carboxylic acids is 1. The minimum absolute atomic E-state index is 0.0424. The van der Waals surface area contributed by atoms with Crippen LogP contribution in [-0.2, 0) is 14.8 Å². The van der Waals surface area contributed by atoms with E-state index in [1.807, 2.05) is 6.92 Å². The predicted octanol–water partition coefficient (Wildman–Crippen LogP) is 2.04. The SMILES string of the molecule is CC/C(C)=C(\NS(=O)(=O)c1ccc(C)cc1)C(=O)O. The van der Waals surface area contributed by atoms with E-state index in [1.54, 1.807) is 26.0 Å². The highest BCUT2D eigenvalue weighted by Crippen LogP contribution is 2.14. The molecule has 1 rings (SSSR count). The number of nitrogens with one attached hydrogen (secondary N) is 1. The van der Waals surface area contributed by atoms with Crippen LogP contribution in [0.3, 0.4) is 0 Å². The fourth-order valence-corrected chi connectivity index (χ4v) is 2.54. The molecule has 0 atom stereocenters. The van der Waals surface area contributed by atoms with Crippen molar-refractivity contribution < 1.29 is 18.3 Å². The number of rotatable bonds is 5. The zero-order chi connectivity index (χ0) is 14.6. The van der Waals surface area contributed by atoms with Crippen LogP contribution in [0.25, 0.3) is 0 Å². The van der Waals surface area contributed by atoms with Gasteiger partial charge in [0.25, 0.3) is 10.0 Å². The lowest BCUT2D eigenvalue weighted by molar-refractivity contribution is -0.132. The number of hydrogen-bond acceptors (Lipinski definition) is 3. The number of allylic oxidation sites excluding steroid dienone is 1. The van der Waals surface area contributed by atoms with Crippen LogP contribution in [0.15, 0.2) is 40.4 Å². The highest BCUT2D eigenvalue weighted by atomic mass is 32.2. The third-order valence-electron chi connectivity index (χ3n) is 2.74. The molecule has 0 amide bonds. The van der Waals surface area contributed by atoms with Crippen LogP contribution < -0.4 is 4.72 Å². The van der Waals surface area contributed by atoms with Crippen molar-refractivity contribution in [2.75, 3.05) is 0 Å². The van der Waals surface area contributed by atoms with Crippen LogP contribution in [0, 0.1) is 6.92 Å². The molecular weight excluding hydrogens is 266 g/mol. The number of benzene rings is 1. The van der Waals surface area contributed by atoms with E-state index < -0.39 is 16.0 Å². The molecule has 0 fully saturated rings. The highest BCUT2D eigenvalue weighted by molar-refractivity contribution is 7.89. The van der Waals surface area contributed by atoms with E-state index in [-0.39, 0.29) is 10.6 Å². The summed E-state index contributed by atoms with van der Waals surface area (Å²) < 4.78 is 26.3. The number of carboxylic acids is 1. The monoisotopic (exact) mass is 283 g/mol. The van der Waals surface area contributed by atoms with E-state index >= 15 is 0 Å². The van der Waals surface area contributed by atoms with Crippen LogP contribution in [0.2, 0.25) is 0 Å². The molecule has 0 aromatic heterocycles. The topological polar surface area (TPSA) is 83.5 Å². The van der Waals surface area contributed by atoms with E-state index in [0.29, 0.717) is 12.0 Å². The number of sulfonamides is 1. The summed E-state index contributed by atoms with van der Waals surface area (Å²) in [5, 5.41) is 9.04. The van der Waals surface area contributed by atoms with Crippen LogP contribution in [-0.4, -0.2) is 19.5 Å². The summed E-state index contributed by atoms with van der Waals surface area (Å²) >= 11 is 0. The molecular formula is C13H17NO4S. The van der Waals surface area contributed by atoms with Crippen LogP contribution in [0.4, 0.5) is 0 Å². The Morgan fingerprint density at radius 2 is 1.79 bits per heavy atom. The number of aryl methyl sites for hydroxylation is 1. The molecule has 0 aliphatic rings. The molecule has 0 aliphatic heterocycles. The molecule has 6 heteroatoms. The van der Waals surface area contributed by atoms with E-state index in [2.05, 4.69) is 4.72 Å². The summed E-state index contributed by atoms with van der Waals surface area (Å²) in [6.07, 6.45) is 0.456. The minimum atomic E-state index is -3.87. The molecule has 1 aromatic carbocycles. The van der Waals surface area contributed by atoms with Crippen molar-refractivity contribution in [3.05, 3.63) is 41.1 Å². The van der Waals surface area contributed by atoms with Gasteiger partial charge in [0.2, 0.25) is 0 Å². The summed E-state index contributed by atoms with van der Waals surface area (Å²) in [6.45, 7) is 5.19. The first-order valence-electron chi connectivity index (χ1n) is 5.80. The van der Waals surface area contributed by atoms with Crippen molar-refractivity contribution in [2.24, 2.45) is 0 Å². The van der Waals surface area contributed by atoms with Gasteiger partial charge in [-0.25, -0.2) is 13.2 Å². The average Bonchev–Trinajstić information content (AvgIpc) is 2.35. The van der Waals surface area contributed by atoms with Gasteiger partial charge >= 0.3 is 5.97 Å². The molecule has 104 valence electrons. The quantitative estimate of drug-likeness (QED) is 0.810. The van der Waals surface area contributed by atoms with E-state index in [1.165, 1.54) is 12.1 Å². The molecule has 0 radical (unpaired) electrons. The molecule has 19 heavy (non-hydrogen) atoms. The Morgan fingerprint density at radius 1 is 1.26 bits per heavy atom. The first-order valence-corrected chi connectivity index (χ1v) is 7.28. The maximum Gasteiger partial charge on any atom is 0.352 e. The van der Waals surface area contributed by atoms with Crippen molar-refractivity contribution in [1.29, 1.82) is 0 Å². The van der Waals surface area contributed by atoms with Gasteiger partial charge in [-0.2, -0.15) is 0 Å². The lowest BCUT2D eigenvalue weighted by atomic mass is 10.2. The van der Waals surface area contributed by atoms with Gasteiger partial charge in [-0.3, -0.25) is 4.72 Å². The summed E-state index contributed by atoms with van der Waals surface area (Å²) in [5.74, 6) is -1.28. The average molecular weight is 283 g/mol. The molecule has 1 aromatic rings. The Hall–Kier alpha value is -1.82. The van der Waals surface area contributed by atoms with Crippen LogP contribution in [0.1, 0.15) is 25.8 Å². The standard InChI is InChI=1S/C13H17NO4S/c1-4-10(3)12(13(15)16)14-19(17,18)11-7-5-9(2)6-8-11/h5-8,14H,4H2,1-3H3,(H,15,16)/b12-10-. The number of carboxylic acid groups (broad SMARTS) is 1. The largest absolute Gasteiger partial charge is 0.477 e. The molecule has 0 saturated carbocycles. The first kappa shape index (κ1) is 15.2. The second-order valence-electron chi connectivity index (χ2n) is 4.23. The predicted molar refractivity (Wildman–Crippen MR) is 72.1 cm³/mol. The zero-order valence-corrected chi connectivity index (χ0v) is 11.9. The van der Waals surface area contributed by atoms with Crippen molar-refractivity contribution in [2.45, 2.75) is 32.1 Å². The second-order valence-corrected chi connectivity index (χ2v) is 5.91. The second kappa shape index (κ2) is 5.88. The molecule has 0 saturated heterocycles. The van der Waals surface area contributed by atoms with Gasteiger partial charge < -0.3 is 5.11 Å². The van der Waals surface area contributed by atoms with Crippen molar-refractivity contribution in [3.8, 4) is 0 Å². The van der Waals surface area contributed by atoms with Gasteiger partial charge in [-0.15, -0.1) is 0 Å². The van der Waals surface area contributed by atoms with E-state index in [9.17, 15) is 13.2 Å². The molecule has 0 heterocycles. The van der Waals surface area contributed by atoms with E-state index in [4.69, 9.17) is 5.11 Å². The molecule has 0 spiro atoms. The van der Waals surface area contributed by atoms with E-state index in [0.717, 1.165) is 5.56 Å². The summed E-state index contributed by atoms with van der Waals surface area (Å²) in [4.78, 5) is 11.1. The summed E-state index contributed by atoms with van der Waals surface area (Å²) in [6, 6.07) is 6.20. The van der Waals surface area contributed by atoms with Crippen LogP contribution in [0.5, 0.6) is 0 Å². The number of carbonyl (C=O) groups is 1. The zero-order valence-electron chi connectivity index (χ0n) is 11.1. The third-order valence-corrected chi connectivity index (χ3v) is 4.10. The Labute approximate surface area is 113 Å². The van der Waals surface area contributed by atoms with Gasteiger partial charge in [0.05, 0.1) is 4.90 Å². The number of hydrogen-bond donors (Lipinski definition) is 2. The Balaban J connectivity index is 3.15. The maximum atomic E-state index is 12.1. The van der Waals surface area contributed by atoms with Crippen molar-refractivity contribution in [3.63, 3.8) is 0 Å². The van der Waals surface area contributed by atoms with Gasteiger partial charge in [0.1, 0.15) is 5.70 Å². The smallest absolute Gasteiger partial charge is 0.352 e. The molecule has 0 bridgehead atoms. The maximum absolute atomic E-state index is 12.1. The highest BCUT2D eigenvalue weighted by Gasteiger charge is 2.20. The molecule has 5 nitrogen and oxygen atoms in total. The lowest BCUT2D eigenvalue weighted by Gasteiger charge is -2.11. The van der Waals surface area contributed by atoms with Crippen molar-refractivity contribution >= 4 is 16.0 Å². The van der Waals surface area contributed by atoms with Gasteiger partial charge in [0.15, 0.2) is 0 Å². The Morgan fingerprint density at radius 3 is 2.21 bits per heavy atom. The normalized spacial score (nSPS) is 12.8. The molecule has 0 unspecified atom stereocenters. The Bertz CT molecular complexity index is 600.